The van der Waals surface area contributed by atoms with Crippen molar-refractivity contribution in [3.8, 4) is 0 Å². The number of piperidine rings is 2. The molecule has 1 saturated carbocycles. The molecule has 4 nitrogen and oxygen atoms in total. The molecular formula is C22H41N3O. The van der Waals surface area contributed by atoms with Crippen molar-refractivity contribution in [1.29, 1.82) is 0 Å². The summed E-state index contributed by atoms with van der Waals surface area (Å²) in [5.74, 6) is 2.93. The van der Waals surface area contributed by atoms with E-state index < -0.39 is 0 Å². The van der Waals surface area contributed by atoms with Gasteiger partial charge in [-0.05, 0) is 82.5 Å². The zero-order valence-corrected chi connectivity index (χ0v) is 17.2. The number of hydrogen-bond donors (Lipinski definition) is 1. The van der Waals surface area contributed by atoms with Gasteiger partial charge in [0.15, 0.2) is 0 Å². The Balaban J connectivity index is 1.56. The largest absolute Gasteiger partial charge is 0.338 e. The zero-order valence-electron chi connectivity index (χ0n) is 17.2. The minimum Gasteiger partial charge on any atom is -0.338 e. The molecular weight excluding hydrogens is 322 g/mol. The Morgan fingerprint density at radius 2 is 1.58 bits per heavy atom. The fourth-order valence-electron chi connectivity index (χ4n) is 5.40. The maximum absolute atomic E-state index is 13.3. The van der Waals surface area contributed by atoms with Crippen molar-refractivity contribution >= 4 is 5.91 Å². The Bertz CT molecular complexity index is 427. The Hall–Kier alpha value is -0.610. The van der Waals surface area contributed by atoms with Crippen LogP contribution in [-0.2, 0) is 4.79 Å². The van der Waals surface area contributed by atoms with Crippen LogP contribution in [0.3, 0.4) is 0 Å². The monoisotopic (exact) mass is 363 g/mol. The summed E-state index contributed by atoms with van der Waals surface area (Å²) in [4.78, 5) is 18.0. The highest BCUT2D eigenvalue weighted by molar-refractivity contribution is 5.78. The van der Waals surface area contributed by atoms with Crippen molar-refractivity contribution in [1.82, 2.24) is 15.1 Å². The van der Waals surface area contributed by atoms with Crippen molar-refractivity contribution in [3.05, 3.63) is 0 Å². The minimum absolute atomic E-state index is 0.409. The molecule has 2 aliphatic heterocycles. The van der Waals surface area contributed by atoms with E-state index in [-0.39, 0.29) is 0 Å². The van der Waals surface area contributed by atoms with Gasteiger partial charge in [0.25, 0.3) is 0 Å². The van der Waals surface area contributed by atoms with Gasteiger partial charge in [0, 0.05) is 12.6 Å². The molecule has 0 aromatic rings. The molecule has 1 aliphatic carbocycles. The van der Waals surface area contributed by atoms with E-state index in [0.29, 0.717) is 18.5 Å². The first-order valence-corrected chi connectivity index (χ1v) is 11.4. The second-order valence-electron chi connectivity index (χ2n) is 9.11. The first kappa shape index (κ1) is 20.1. The lowest BCUT2D eigenvalue weighted by Gasteiger charge is -2.38. The third-order valence-electron chi connectivity index (χ3n) is 7.40. The normalized spacial score (nSPS) is 29.2. The lowest BCUT2D eigenvalue weighted by molar-refractivity contribution is -0.136. The maximum Gasteiger partial charge on any atom is 0.237 e. The first-order chi connectivity index (χ1) is 12.7. The van der Waals surface area contributed by atoms with Gasteiger partial charge in [-0.2, -0.15) is 0 Å². The van der Waals surface area contributed by atoms with Gasteiger partial charge in [-0.1, -0.05) is 33.1 Å². The van der Waals surface area contributed by atoms with Gasteiger partial charge in [0.2, 0.25) is 5.91 Å². The smallest absolute Gasteiger partial charge is 0.237 e. The van der Waals surface area contributed by atoms with Crippen LogP contribution >= 0.6 is 0 Å². The van der Waals surface area contributed by atoms with Crippen molar-refractivity contribution in [2.45, 2.75) is 77.7 Å². The summed E-state index contributed by atoms with van der Waals surface area (Å²) in [7, 11) is 0. The average molecular weight is 364 g/mol. The molecule has 26 heavy (non-hydrogen) atoms. The molecule has 2 unspecified atom stereocenters. The molecule has 4 heteroatoms. The molecule has 1 amide bonds. The van der Waals surface area contributed by atoms with E-state index in [0.717, 1.165) is 63.3 Å². The van der Waals surface area contributed by atoms with Crippen molar-refractivity contribution in [2.75, 3.05) is 39.3 Å². The van der Waals surface area contributed by atoms with Crippen LogP contribution in [0, 0.1) is 17.8 Å². The van der Waals surface area contributed by atoms with Gasteiger partial charge in [0.05, 0.1) is 6.54 Å². The second-order valence-corrected chi connectivity index (χ2v) is 9.11. The quantitative estimate of drug-likeness (QED) is 0.752. The minimum atomic E-state index is 0.409. The molecule has 0 aromatic heterocycles. The number of likely N-dealkylation sites (tertiary alicyclic amines) is 1. The van der Waals surface area contributed by atoms with Gasteiger partial charge in [-0.25, -0.2) is 0 Å². The third kappa shape index (κ3) is 5.45. The number of rotatable bonds is 7. The van der Waals surface area contributed by atoms with Gasteiger partial charge < -0.3 is 10.2 Å². The molecule has 0 aromatic carbocycles. The first-order valence-electron chi connectivity index (χ1n) is 11.4. The Morgan fingerprint density at radius 1 is 0.923 bits per heavy atom. The van der Waals surface area contributed by atoms with E-state index in [9.17, 15) is 4.79 Å². The molecule has 0 bridgehead atoms. The molecule has 2 saturated heterocycles. The summed E-state index contributed by atoms with van der Waals surface area (Å²) in [5, 5.41) is 3.46. The van der Waals surface area contributed by atoms with Crippen LogP contribution in [0.15, 0.2) is 0 Å². The predicted octanol–water partition coefficient (Wildman–Crippen LogP) is 3.52. The van der Waals surface area contributed by atoms with Crippen LogP contribution in [0.5, 0.6) is 0 Å². The fraction of sp³-hybridized carbons (Fsp3) is 0.955. The molecule has 1 N–H and O–H groups in total. The summed E-state index contributed by atoms with van der Waals surface area (Å²) in [5.41, 5.74) is 0. The third-order valence-corrected chi connectivity index (χ3v) is 7.40. The summed E-state index contributed by atoms with van der Waals surface area (Å²) in [6.45, 7) is 10.7. The SMILES string of the molecule is CCC1CCN(CC(=O)N(CC2CCC(CC)C2)C2CCNCC2)CC1. The lowest BCUT2D eigenvalue weighted by Crippen LogP contribution is -2.51. The number of carbonyl (C=O) groups excluding carboxylic acids is 1. The van der Waals surface area contributed by atoms with E-state index in [2.05, 4.69) is 29.0 Å². The number of nitrogens with zero attached hydrogens (tertiary/aromatic N) is 2. The van der Waals surface area contributed by atoms with Gasteiger partial charge in [0.1, 0.15) is 0 Å². The zero-order chi connectivity index (χ0) is 18.4. The van der Waals surface area contributed by atoms with E-state index in [1.165, 1.54) is 44.9 Å². The van der Waals surface area contributed by atoms with Crippen LogP contribution < -0.4 is 5.32 Å². The summed E-state index contributed by atoms with van der Waals surface area (Å²) < 4.78 is 0. The maximum atomic E-state index is 13.3. The average Bonchev–Trinajstić information content (AvgIpc) is 3.15. The van der Waals surface area contributed by atoms with E-state index in [1.807, 2.05) is 0 Å². The van der Waals surface area contributed by atoms with Crippen LogP contribution in [0.1, 0.15) is 71.6 Å². The molecule has 0 radical (unpaired) electrons. The number of amides is 1. The van der Waals surface area contributed by atoms with E-state index in [1.54, 1.807) is 0 Å². The fourth-order valence-corrected chi connectivity index (χ4v) is 5.40. The molecule has 3 fully saturated rings. The highest BCUT2D eigenvalue weighted by Crippen LogP contribution is 2.34. The molecule has 2 atom stereocenters. The number of carbonyl (C=O) groups is 1. The number of nitrogens with one attached hydrogen (secondary N) is 1. The van der Waals surface area contributed by atoms with Crippen LogP contribution in [-0.4, -0.2) is 61.0 Å². The molecule has 3 rings (SSSR count). The van der Waals surface area contributed by atoms with Gasteiger partial charge in [-0.15, -0.1) is 0 Å². The lowest BCUT2D eigenvalue weighted by atomic mass is 9.94. The molecule has 0 spiro atoms. The number of hydrogen-bond acceptors (Lipinski definition) is 3. The molecule has 150 valence electrons. The summed E-state index contributed by atoms with van der Waals surface area (Å²) >= 11 is 0. The van der Waals surface area contributed by atoms with Crippen LogP contribution in [0.4, 0.5) is 0 Å². The Kier molecular flexibility index (Phi) is 7.80. The second kappa shape index (κ2) is 10.1. The van der Waals surface area contributed by atoms with Gasteiger partial charge >= 0.3 is 0 Å². The molecule has 3 aliphatic rings. The van der Waals surface area contributed by atoms with E-state index >= 15 is 0 Å². The topological polar surface area (TPSA) is 35.6 Å². The summed E-state index contributed by atoms with van der Waals surface area (Å²) in [6.07, 6.45) is 11.5. The van der Waals surface area contributed by atoms with E-state index in [4.69, 9.17) is 0 Å². The Labute approximate surface area is 161 Å². The van der Waals surface area contributed by atoms with Crippen molar-refractivity contribution < 1.29 is 4.79 Å². The van der Waals surface area contributed by atoms with Crippen molar-refractivity contribution in [2.24, 2.45) is 17.8 Å². The predicted molar refractivity (Wildman–Crippen MR) is 108 cm³/mol. The van der Waals surface area contributed by atoms with Crippen molar-refractivity contribution in [3.63, 3.8) is 0 Å². The standard InChI is InChI=1S/C22H41N3O/c1-3-18-9-13-24(14-10-18)17-22(26)25(21-7-11-23-12-8-21)16-20-6-5-19(4-2)15-20/h18-21,23H,3-17H2,1-2H3. The van der Waals surface area contributed by atoms with Crippen LogP contribution in [0.2, 0.25) is 0 Å². The highest BCUT2D eigenvalue weighted by atomic mass is 16.2. The molecule has 2 heterocycles. The van der Waals surface area contributed by atoms with Gasteiger partial charge in [-0.3, -0.25) is 9.69 Å². The highest BCUT2D eigenvalue weighted by Gasteiger charge is 2.32. The summed E-state index contributed by atoms with van der Waals surface area (Å²) in [6, 6.07) is 0.470. The van der Waals surface area contributed by atoms with Crippen LogP contribution in [0.25, 0.3) is 0 Å². The Morgan fingerprint density at radius 3 is 2.19 bits per heavy atom.